The highest BCUT2D eigenvalue weighted by Crippen LogP contribution is 2.21. The Morgan fingerprint density at radius 2 is 2.05 bits per heavy atom. The Morgan fingerprint density at radius 1 is 1.38 bits per heavy atom. The van der Waals surface area contributed by atoms with Crippen LogP contribution in [0.3, 0.4) is 0 Å². The summed E-state index contributed by atoms with van der Waals surface area (Å²) in [5, 5.41) is 2.78. The first-order valence-electron chi connectivity index (χ1n) is 6.95. The van der Waals surface area contributed by atoms with Gasteiger partial charge in [-0.15, -0.1) is 0 Å². The van der Waals surface area contributed by atoms with Crippen LogP contribution < -0.4 is 15.8 Å². The van der Waals surface area contributed by atoms with Crippen molar-refractivity contribution in [3.63, 3.8) is 0 Å². The molecule has 0 saturated heterocycles. The molecule has 4 nitrogen and oxygen atoms in total. The fourth-order valence-electron chi connectivity index (χ4n) is 1.87. The predicted octanol–water partition coefficient (Wildman–Crippen LogP) is 2.84. The summed E-state index contributed by atoms with van der Waals surface area (Å²) in [4.78, 5) is 12.0. The second kappa shape index (κ2) is 7.93. The van der Waals surface area contributed by atoms with E-state index in [1.807, 2.05) is 13.8 Å². The van der Waals surface area contributed by atoms with E-state index in [2.05, 4.69) is 10.1 Å². The Kier molecular flexibility index (Phi) is 6.55. The molecule has 2 unspecified atom stereocenters. The third-order valence-electron chi connectivity index (χ3n) is 3.50. The van der Waals surface area contributed by atoms with E-state index < -0.39 is 12.7 Å². The fraction of sp³-hybridized carbons (Fsp3) is 0.533. The highest BCUT2D eigenvalue weighted by molar-refractivity contribution is 5.82. The Labute approximate surface area is 123 Å². The number of amides is 1. The monoisotopic (exact) mass is 300 g/mol. The molecule has 21 heavy (non-hydrogen) atoms. The molecule has 0 aromatic heterocycles. The maximum Gasteiger partial charge on any atom is 0.387 e. The third kappa shape index (κ3) is 5.30. The molecule has 0 aliphatic rings. The molecule has 0 saturated carbocycles. The van der Waals surface area contributed by atoms with E-state index >= 15 is 0 Å². The summed E-state index contributed by atoms with van der Waals surface area (Å²) >= 11 is 0. The number of benzene rings is 1. The van der Waals surface area contributed by atoms with Crippen LogP contribution in [0.25, 0.3) is 0 Å². The second-order valence-corrected chi connectivity index (χ2v) is 5.09. The normalized spacial score (nSPS) is 15.4. The number of halogens is 2. The molecular formula is C15H22F2N2O2. The summed E-state index contributed by atoms with van der Waals surface area (Å²) in [6.45, 7) is 2.77. The van der Waals surface area contributed by atoms with Crippen LogP contribution in [-0.4, -0.2) is 18.6 Å². The van der Waals surface area contributed by atoms with Crippen LogP contribution in [0.5, 0.6) is 5.75 Å². The van der Waals surface area contributed by atoms with Gasteiger partial charge >= 0.3 is 6.61 Å². The van der Waals surface area contributed by atoms with Gasteiger partial charge in [0.05, 0.1) is 12.1 Å². The van der Waals surface area contributed by atoms with Crippen LogP contribution in [0.15, 0.2) is 24.3 Å². The quantitative estimate of drug-likeness (QED) is 0.814. The lowest BCUT2D eigenvalue weighted by Crippen LogP contribution is -2.45. The first kappa shape index (κ1) is 17.4. The van der Waals surface area contributed by atoms with Crippen LogP contribution in [0, 0.1) is 5.92 Å². The molecule has 0 bridgehead atoms. The van der Waals surface area contributed by atoms with E-state index in [-0.39, 0.29) is 23.6 Å². The maximum absolute atomic E-state index is 12.2. The Hall–Kier alpha value is -1.69. The number of alkyl halides is 2. The lowest BCUT2D eigenvalue weighted by molar-refractivity contribution is -0.124. The number of hydrogen-bond acceptors (Lipinski definition) is 3. The standard InChI is InChI=1S/C15H22F2N2O2/c1-4-9(2)13(18)14(20)19-10(3)11-6-5-7-12(8-11)21-15(16)17/h5-10,13,15H,4,18H2,1-3H3,(H,19,20)/t9?,10?,13-/m0/s1. The molecule has 1 amide bonds. The van der Waals surface area contributed by atoms with Gasteiger partial charge in [0.15, 0.2) is 0 Å². The molecule has 0 heterocycles. The van der Waals surface area contributed by atoms with Gasteiger partial charge in [0.2, 0.25) is 5.91 Å². The highest BCUT2D eigenvalue weighted by Gasteiger charge is 2.21. The summed E-state index contributed by atoms with van der Waals surface area (Å²) in [6, 6.07) is 5.33. The predicted molar refractivity (Wildman–Crippen MR) is 77.1 cm³/mol. The van der Waals surface area contributed by atoms with Gasteiger partial charge in [-0.25, -0.2) is 0 Å². The van der Waals surface area contributed by atoms with E-state index in [9.17, 15) is 13.6 Å². The molecule has 0 aliphatic heterocycles. The molecule has 0 radical (unpaired) electrons. The number of nitrogens with one attached hydrogen (secondary N) is 1. The molecule has 3 atom stereocenters. The van der Waals surface area contributed by atoms with Gasteiger partial charge in [0.1, 0.15) is 5.75 Å². The average Bonchev–Trinajstić information content (AvgIpc) is 2.45. The smallest absolute Gasteiger partial charge is 0.387 e. The lowest BCUT2D eigenvalue weighted by Gasteiger charge is -2.21. The highest BCUT2D eigenvalue weighted by atomic mass is 19.3. The van der Waals surface area contributed by atoms with E-state index in [0.717, 1.165) is 6.42 Å². The zero-order chi connectivity index (χ0) is 16.0. The summed E-state index contributed by atoms with van der Waals surface area (Å²) in [7, 11) is 0. The topological polar surface area (TPSA) is 64.4 Å². The molecule has 0 aliphatic carbocycles. The fourth-order valence-corrected chi connectivity index (χ4v) is 1.87. The average molecular weight is 300 g/mol. The zero-order valence-corrected chi connectivity index (χ0v) is 12.5. The van der Waals surface area contributed by atoms with Gasteiger partial charge in [-0.2, -0.15) is 8.78 Å². The number of carbonyl (C=O) groups is 1. The molecule has 6 heteroatoms. The van der Waals surface area contributed by atoms with Crippen molar-refractivity contribution in [3.8, 4) is 5.75 Å². The van der Waals surface area contributed by atoms with Crippen LogP contribution >= 0.6 is 0 Å². The molecule has 1 aromatic rings. The van der Waals surface area contributed by atoms with Crippen molar-refractivity contribution < 1.29 is 18.3 Å². The first-order valence-corrected chi connectivity index (χ1v) is 6.95. The minimum atomic E-state index is -2.87. The zero-order valence-electron chi connectivity index (χ0n) is 12.5. The third-order valence-corrected chi connectivity index (χ3v) is 3.50. The molecule has 0 spiro atoms. The van der Waals surface area contributed by atoms with Crippen molar-refractivity contribution in [2.75, 3.05) is 0 Å². The summed E-state index contributed by atoms with van der Waals surface area (Å²) < 4.78 is 28.7. The number of carbonyl (C=O) groups excluding carboxylic acids is 1. The molecule has 1 aromatic carbocycles. The van der Waals surface area contributed by atoms with Crippen molar-refractivity contribution in [1.82, 2.24) is 5.32 Å². The van der Waals surface area contributed by atoms with Gasteiger partial charge < -0.3 is 15.8 Å². The number of hydrogen-bond donors (Lipinski definition) is 2. The van der Waals surface area contributed by atoms with Gasteiger partial charge in [-0.1, -0.05) is 32.4 Å². The van der Waals surface area contributed by atoms with E-state index in [1.165, 1.54) is 12.1 Å². The molecular weight excluding hydrogens is 278 g/mol. The second-order valence-electron chi connectivity index (χ2n) is 5.09. The summed E-state index contributed by atoms with van der Waals surface area (Å²) in [6.07, 6.45) is 0.806. The van der Waals surface area contributed by atoms with Crippen LogP contribution in [0.4, 0.5) is 8.78 Å². The van der Waals surface area contributed by atoms with E-state index in [4.69, 9.17) is 5.73 Å². The minimum Gasteiger partial charge on any atom is -0.435 e. The van der Waals surface area contributed by atoms with Gasteiger partial charge in [-0.3, -0.25) is 4.79 Å². The van der Waals surface area contributed by atoms with Crippen molar-refractivity contribution in [3.05, 3.63) is 29.8 Å². The van der Waals surface area contributed by atoms with Crippen LogP contribution in [0.2, 0.25) is 0 Å². The Morgan fingerprint density at radius 3 is 2.62 bits per heavy atom. The lowest BCUT2D eigenvalue weighted by atomic mass is 9.98. The molecule has 0 fully saturated rings. The maximum atomic E-state index is 12.2. The number of ether oxygens (including phenoxy) is 1. The molecule has 118 valence electrons. The Balaban J connectivity index is 2.71. The Bertz CT molecular complexity index is 469. The van der Waals surface area contributed by atoms with Crippen molar-refractivity contribution in [2.45, 2.75) is 45.9 Å². The molecule has 3 N–H and O–H groups in total. The molecule has 1 rings (SSSR count). The number of nitrogens with two attached hydrogens (primary N) is 1. The summed E-state index contributed by atoms with van der Waals surface area (Å²) in [5.74, 6) is -0.113. The van der Waals surface area contributed by atoms with Crippen molar-refractivity contribution >= 4 is 5.91 Å². The van der Waals surface area contributed by atoms with Crippen molar-refractivity contribution in [2.24, 2.45) is 11.7 Å². The van der Waals surface area contributed by atoms with Gasteiger partial charge in [0.25, 0.3) is 0 Å². The first-order chi connectivity index (χ1) is 9.85. The van der Waals surface area contributed by atoms with Crippen LogP contribution in [-0.2, 0) is 4.79 Å². The minimum absolute atomic E-state index is 0.0647. The van der Waals surface area contributed by atoms with Gasteiger partial charge in [-0.05, 0) is 30.5 Å². The van der Waals surface area contributed by atoms with Crippen LogP contribution in [0.1, 0.15) is 38.8 Å². The largest absolute Gasteiger partial charge is 0.435 e. The van der Waals surface area contributed by atoms with Gasteiger partial charge in [0, 0.05) is 0 Å². The van der Waals surface area contributed by atoms with E-state index in [1.54, 1.807) is 19.1 Å². The summed E-state index contributed by atoms with van der Waals surface area (Å²) in [5.41, 5.74) is 6.54. The number of rotatable bonds is 7. The van der Waals surface area contributed by atoms with E-state index in [0.29, 0.717) is 5.56 Å². The SMILES string of the molecule is CCC(C)[C@H](N)C(=O)NC(C)c1cccc(OC(F)F)c1. The van der Waals surface area contributed by atoms with Crippen molar-refractivity contribution in [1.29, 1.82) is 0 Å².